The summed E-state index contributed by atoms with van der Waals surface area (Å²) in [7, 11) is 0. The molecule has 4 aliphatic heterocycles. The van der Waals surface area contributed by atoms with Gasteiger partial charge in [0.2, 0.25) is 0 Å². The van der Waals surface area contributed by atoms with Crippen LogP contribution >= 0.6 is 24.8 Å². The molecular weight excluding hydrogens is 791 g/mol. The Morgan fingerprint density at radius 3 is 1.80 bits per heavy atom. The quantitative estimate of drug-likeness (QED) is 0.0936. The molecule has 4 heterocycles. The molecule has 12 heteroatoms. The maximum Gasteiger partial charge on any atom is 0.320 e. The van der Waals surface area contributed by atoms with Crippen molar-refractivity contribution in [1.82, 2.24) is 20.0 Å². The number of rotatable bonds is 15. The molecule has 60 heavy (non-hydrogen) atoms. The van der Waals surface area contributed by atoms with Gasteiger partial charge in [0.15, 0.2) is 6.34 Å². The third-order valence-corrected chi connectivity index (χ3v) is 12.3. The van der Waals surface area contributed by atoms with E-state index in [0.29, 0.717) is 44.3 Å². The molecule has 4 aromatic carbocycles. The second-order valence-electron chi connectivity index (χ2n) is 16.2. The maximum absolute atomic E-state index is 13.3. The Bertz CT molecular complexity index is 1980. The number of nitrogens with one attached hydrogen (secondary N) is 1. The summed E-state index contributed by atoms with van der Waals surface area (Å²) in [5.74, 6) is -0.108. The van der Waals surface area contributed by atoms with Gasteiger partial charge in [-0.25, -0.2) is 4.90 Å². The summed E-state index contributed by atoms with van der Waals surface area (Å²) < 4.78 is 6.27. The first-order valence-corrected chi connectivity index (χ1v) is 21.3. The van der Waals surface area contributed by atoms with E-state index in [2.05, 4.69) is 161 Å². The molecule has 4 aromatic rings. The number of aliphatic hydroxyl groups is 1. The van der Waals surface area contributed by atoms with Crippen molar-refractivity contribution in [3.8, 4) is 0 Å². The van der Waals surface area contributed by atoms with E-state index in [-0.39, 0.29) is 47.4 Å². The smallest absolute Gasteiger partial charge is 0.320 e. The first-order valence-electron chi connectivity index (χ1n) is 21.3. The summed E-state index contributed by atoms with van der Waals surface area (Å²) in [4.78, 5) is 12.1. The molecule has 2 N–H and O–H groups in total. The molecule has 0 aromatic heterocycles. The minimum absolute atomic E-state index is 0. The molecule has 0 aliphatic carbocycles. The van der Waals surface area contributed by atoms with Crippen LogP contribution in [0.5, 0.6) is 0 Å². The number of aliphatic imine (C=N–C) groups is 1. The van der Waals surface area contributed by atoms with Gasteiger partial charge in [0, 0.05) is 81.2 Å². The van der Waals surface area contributed by atoms with Crippen LogP contribution in [0.1, 0.15) is 67.3 Å². The summed E-state index contributed by atoms with van der Waals surface area (Å²) >= 11 is 0. The van der Waals surface area contributed by atoms with E-state index < -0.39 is 5.85 Å². The van der Waals surface area contributed by atoms with Crippen molar-refractivity contribution in [2.75, 3.05) is 65.5 Å². The average Bonchev–Trinajstić information content (AvgIpc) is 3.72. The van der Waals surface area contributed by atoms with E-state index in [1.807, 2.05) is 0 Å². The van der Waals surface area contributed by atoms with Gasteiger partial charge >= 0.3 is 5.85 Å². The van der Waals surface area contributed by atoms with Gasteiger partial charge in [-0.15, -0.1) is 24.8 Å². The van der Waals surface area contributed by atoms with Gasteiger partial charge < -0.3 is 20.1 Å². The second kappa shape index (κ2) is 21.0. The number of amidine groups is 1. The highest BCUT2D eigenvalue weighted by Gasteiger charge is 2.63. The SMILES string of the molecule is CC(C)C1=CC2=NC=N[N+]2(C(O)(CCC(c2ccccc2)c2ccccc2)N2CCNCC2)N=C1OCCCN1CCN(C(c2ccccc2)c2ccccc2)CC1.Cl.Cl. The van der Waals surface area contributed by atoms with Crippen molar-refractivity contribution in [2.45, 2.75) is 50.9 Å². The van der Waals surface area contributed by atoms with Crippen molar-refractivity contribution in [3.63, 3.8) is 0 Å². The van der Waals surface area contributed by atoms with Crippen molar-refractivity contribution in [3.05, 3.63) is 155 Å². The standard InChI is InChI=1S/C48H59N8O2.2ClH/c1-38(2)44-36-45-50-37-51-56(45,48(57,55-29-26-49-27-30-55)25-24-43(39-16-7-3-8-17-39)40-18-9-4-10-19-40)52-47(44)58-35-15-28-53-31-33-54(34-32-53)46(41-20-11-5-12-21-41)42-22-13-6-14-23-42;;/h3-14,16-23,36-38,43,46,49,57H,15,24-35H2,1-2H3;2*1H/q+1;;. The summed E-state index contributed by atoms with van der Waals surface area (Å²) in [6, 6.07) is 43.2. The first-order chi connectivity index (χ1) is 28.4. The zero-order chi connectivity index (χ0) is 39.8. The fourth-order valence-electron chi connectivity index (χ4n) is 9.13. The number of piperazine rings is 2. The highest BCUT2D eigenvalue weighted by Crippen LogP contribution is 2.42. The normalized spacial score (nSPS) is 20.7. The Morgan fingerprint density at radius 1 is 0.733 bits per heavy atom. The van der Waals surface area contributed by atoms with Crippen LogP contribution in [0.2, 0.25) is 0 Å². The average molecular weight is 853 g/mol. The molecule has 2 unspecified atom stereocenters. The minimum atomic E-state index is -1.50. The van der Waals surface area contributed by atoms with Crippen LogP contribution in [0.25, 0.3) is 0 Å². The van der Waals surface area contributed by atoms with Gasteiger partial charge in [-0.05, 0) is 51.2 Å². The Hall–Kier alpha value is -4.23. The number of quaternary nitrogens is 1. The lowest BCUT2D eigenvalue weighted by atomic mass is 9.86. The van der Waals surface area contributed by atoms with Crippen LogP contribution in [0.4, 0.5) is 0 Å². The van der Waals surface area contributed by atoms with Gasteiger partial charge in [0.1, 0.15) is 0 Å². The van der Waals surface area contributed by atoms with E-state index in [0.717, 1.165) is 57.8 Å². The van der Waals surface area contributed by atoms with Gasteiger partial charge in [-0.2, -0.15) is 4.99 Å². The van der Waals surface area contributed by atoms with Gasteiger partial charge in [0.05, 0.1) is 19.1 Å². The minimum Gasteiger partial charge on any atom is -0.474 e. The molecule has 10 nitrogen and oxygen atoms in total. The van der Waals surface area contributed by atoms with Crippen molar-refractivity contribution >= 4 is 42.9 Å². The molecule has 4 aliphatic rings. The third kappa shape index (κ3) is 9.77. The van der Waals surface area contributed by atoms with Crippen LogP contribution < -0.4 is 5.32 Å². The summed E-state index contributed by atoms with van der Waals surface area (Å²) in [5.41, 5.74) is 6.09. The van der Waals surface area contributed by atoms with Crippen LogP contribution in [-0.4, -0.2) is 114 Å². The van der Waals surface area contributed by atoms with Crippen molar-refractivity contribution < 1.29 is 14.5 Å². The van der Waals surface area contributed by atoms with Crippen molar-refractivity contribution in [2.24, 2.45) is 21.1 Å². The number of ether oxygens (including phenoxy) is 1. The summed E-state index contributed by atoms with van der Waals surface area (Å²) in [5, 5.41) is 27.1. The van der Waals surface area contributed by atoms with Gasteiger partial charge in [-0.1, -0.05) is 135 Å². The number of hydrogen-bond acceptors (Lipinski definition) is 9. The van der Waals surface area contributed by atoms with Gasteiger partial charge in [0.25, 0.3) is 11.7 Å². The van der Waals surface area contributed by atoms with E-state index in [4.69, 9.17) is 19.9 Å². The monoisotopic (exact) mass is 851 g/mol. The topological polar surface area (TPSA) is 88.3 Å². The van der Waals surface area contributed by atoms with Crippen LogP contribution in [0.3, 0.4) is 0 Å². The zero-order valence-electron chi connectivity index (χ0n) is 34.9. The van der Waals surface area contributed by atoms with Gasteiger partial charge in [-0.3, -0.25) is 4.90 Å². The Labute approximate surface area is 368 Å². The molecule has 0 bridgehead atoms. The molecule has 2 fully saturated rings. The maximum atomic E-state index is 13.3. The predicted molar refractivity (Wildman–Crippen MR) is 248 cm³/mol. The lowest BCUT2D eigenvalue weighted by Gasteiger charge is -2.46. The fourth-order valence-corrected chi connectivity index (χ4v) is 9.13. The Balaban J connectivity index is 0.00000302. The number of benzene rings is 4. The van der Waals surface area contributed by atoms with E-state index in [1.54, 1.807) is 6.34 Å². The molecule has 0 amide bonds. The number of fused-ring (bicyclic) bond motifs is 1. The molecule has 8 rings (SSSR count). The third-order valence-electron chi connectivity index (χ3n) is 12.3. The number of nitrogens with zero attached hydrogens (tertiary/aromatic N) is 7. The zero-order valence-corrected chi connectivity index (χ0v) is 36.6. The van der Waals surface area contributed by atoms with Crippen LogP contribution in [0, 0.1) is 5.92 Å². The van der Waals surface area contributed by atoms with Crippen LogP contribution in [0.15, 0.2) is 148 Å². The van der Waals surface area contributed by atoms with Crippen molar-refractivity contribution in [1.29, 1.82) is 0 Å². The second-order valence-corrected chi connectivity index (χ2v) is 16.2. The predicted octanol–water partition coefficient (Wildman–Crippen LogP) is 7.89. The largest absolute Gasteiger partial charge is 0.474 e. The summed E-state index contributed by atoms with van der Waals surface area (Å²) in [6.07, 6.45) is 5.60. The Kier molecular flexibility index (Phi) is 15.9. The van der Waals surface area contributed by atoms with E-state index in [1.165, 1.54) is 22.3 Å². The van der Waals surface area contributed by atoms with E-state index in [9.17, 15) is 5.11 Å². The first kappa shape index (κ1) is 45.3. The molecule has 0 spiro atoms. The lowest BCUT2D eigenvalue weighted by molar-refractivity contribution is -0.951. The molecule has 2 saturated heterocycles. The highest BCUT2D eigenvalue weighted by atomic mass is 35.5. The molecular formula is C48H61Cl2N8O2+. The lowest BCUT2D eigenvalue weighted by Crippen LogP contribution is -2.71. The molecule has 318 valence electrons. The Morgan fingerprint density at radius 2 is 1.27 bits per heavy atom. The fraction of sp³-hybridized carbons (Fsp3) is 0.396. The van der Waals surface area contributed by atoms with Crippen LogP contribution in [-0.2, 0) is 4.74 Å². The molecule has 0 radical (unpaired) electrons. The summed E-state index contributed by atoms with van der Waals surface area (Å²) in [6.45, 7) is 12.7. The molecule has 0 saturated carbocycles. The highest BCUT2D eigenvalue weighted by molar-refractivity contribution is 6.06. The molecule has 2 atom stereocenters. The van der Waals surface area contributed by atoms with E-state index >= 15 is 0 Å². The number of hydrogen-bond donors (Lipinski definition) is 2. The number of halogens is 2.